The van der Waals surface area contributed by atoms with Gasteiger partial charge in [-0.05, 0) is 42.7 Å². The standard InChI is InChI=1S/C19H22O2/c1-19(2,3)14-10-8-13(9-11-14)12-16-15-6-4-5-7-17(15)21-18(16)20/h4-8,12,14H,9-11H2,1-3H3/b16-12+. The lowest BCUT2D eigenvalue weighted by atomic mass is 9.73. The number of esters is 1. The molecule has 1 aromatic rings. The Kier molecular flexibility index (Phi) is 3.48. The molecule has 1 heterocycles. The lowest BCUT2D eigenvalue weighted by Gasteiger charge is -2.32. The van der Waals surface area contributed by atoms with Gasteiger partial charge >= 0.3 is 5.97 Å². The SMILES string of the molecule is CC(C)(C)C1CC=C(/C=C2/C(=O)Oc3ccccc32)CC1. The van der Waals surface area contributed by atoms with Crippen molar-refractivity contribution in [2.75, 3.05) is 0 Å². The van der Waals surface area contributed by atoms with Gasteiger partial charge in [-0.1, -0.05) is 50.6 Å². The molecule has 1 aliphatic carbocycles. The number of rotatable bonds is 1. The van der Waals surface area contributed by atoms with Gasteiger partial charge in [0.25, 0.3) is 0 Å². The zero-order valence-corrected chi connectivity index (χ0v) is 13.0. The zero-order chi connectivity index (χ0) is 15.0. The summed E-state index contributed by atoms with van der Waals surface area (Å²) in [6.45, 7) is 6.92. The highest BCUT2D eigenvalue weighted by atomic mass is 16.5. The van der Waals surface area contributed by atoms with Gasteiger partial charge in [0.1, 0.15) is 5.75 Å². The molecule has 1 aromatic carbocycles. The van der Waals surface area contributed by atoms with E-state index in [1.165, 1.54) is 12.0 Å². The van der Waals surface area contributed by atoms with E-state index in [0.717, 1.165) is 24.3 Å². The molecule has 1 aliphatic heterocycles. The van der Waals surface area contributed by atoms with Crippen LogP contribution in [0.2, 0.25) is 0 Å². The molecule has 0 bridgehead atoms. The Morgan fingerprint density at radius 1 is 1.24 bits per heavy atom. The highest BCUT2D eigenvalue weighted by Gasteiger charge is 2.29. The molecule has 0 N–H and O–H groups in total. The molecule has 3 rings (SSSR count). The Morgan fingerprint density at radius 2 is 2.00 bits per heavy atom. The number of carbonyl (C=O) groups excluding carboxylic acids is 1. The van der Waals surface area contributed by atoms with Crippen molar-refractivity contribution in [2.24, 2.45) is 11.3 Å². The van der Waals surface area contributed by atoms with Gasteiger partial charge in [0.15, 0.2) is 0 Å². The smallest absolute Gasteiger partial charge is 0.344 e. The normalized spacial score (nSPS) is 23.8. The van der Waals surface area contributed by atoms with Gasteiger partial charge < -0.3 is 4.74 Å². The number of carbonyl (C=O) groups is 1. The van der Waals surface area contributed by atoms with Crippen LogP contribution in [0.1, 0.15) is 45.6 Å². The molecule has 0 radical (unpaired) electrons. The number of ether oxygens (including phenoxy) is 1. The number of allylic oxidation sites excluding steroid dienone is 3. The number of benzene rings is 1. The van der Waals surface area contributed by atoms with Crippen molar-refractivity contribution >= 4 is 11.5 Å². The Labute approximate surface area is 126 Å². The van der Waals surface area contributed by atoms with E-state index in [2.05, 4.69) is 26.8 Å². The third kappa shape index (κ3) is 2.80. The molecule has 2 nitrogen and oxygen atoms in total. The van der Waals surface area contributed by atoms with E-state index in [1.54, 1.807) is 0 Å². The molecule has 0 amide bonds. The first-order valence-electron chi connectivity index (χ1n) is 7.67. The van der Waals surface area contributed by atoms with Crippen LogP contribution in [-0.4, -0.2) is 5.97 Å². The summed E-state index contributed by atoms with van der Waals surface area (Å²) < 4.78 is 5.30. The maximum Gasteiger partial charge on any atom is 0.344 e. The molecule has 1 unspecified atom stereocenters. The summed E-state index contributed by atoms with van der Waals surface area (Å²) in [7, 11) is 0. The Balaban J connectivity index is 1.84. The molecule has 0 aromatic heterocycles. The summed E-state index contributed by atoms with van der Waals surface area (Å²) in [5.41, 5.74) is 3.24. The summed E-state index contributed by atoms with van der Waals surface area (Å²) >= 11 is 0. The number of hydrogen-bond acceptors (Lipinski definition) is 2. The van der Waals surface area contributed by atoms with E-state index in [0.29, 0.717) is 16.7 Å². The molecule has 0 fully saturated rings. The maximum atomic E-state index is 12.0. The van der Waals surface area contributed by atoms with Crippen LogP contribution >= 0.6 is 0 Å². The fourth-order valence-corrected chi connectivity index (χ4v) is 3.14. The van der Waals surface area contributed by atoms with E-state index in [-0.39, 0.29) is 5.97 Å². The van der Waals surface area contributed by atoms with Gasteiger partial charge in [-0.2, -0.15) is 0 Å². The monoisotopic (exact) mass is 282 g/mol. The second-order valence-corrected chi connectivity index (χ2v) is 7.06. The minimum Gasteiger partial charge on any atom is -0.422 e. The van der Waals surface area contributed by atoms with Crippen LogP contribution < -0.4 is 4.74 Å². The molecule has 2 aliphatic rings. The van der Waals surface area contributed by atoms with Gasteiger partial charge in [0, 0.05) is 5.56 Å². The Hall–Kier alpha value is -1.83. The minimum atomic E-state index is -0.227. The average molecular weight is 282 g/mol. The average Bonchev–Trinajstić information content (AvgIpc) is 2.75. The molecule has 1 atom stereocenters. The second-order valence-electron chi connectivity index (χ2n) is 7.06. The summed E-state index contributed by atoms with van der Waals surface area (Å²) in [4.78, 5) is 12.0. The fraction of sp³-hybridized carbons (Fsp3) is 0.421. The first kappa shape index (κ1) is 14.1. The molecule has 0 spiro atoms. The molecule has 21 heavy (non-hydrogen) atoms. The van der Waals surface area contributed by atoms with Crippen LogP contribution in [0.25, 0.3) is 5.57 Å². The molecular formula is C19H22O2. The van der Waals surface area contributed by atoms with Crippen molar-refractivity contribution in [1.29, 1.82) is 0 Å². The van der Waals surface area contributed by atoms with Crippen molar-refractivity contribution < 1.29 is 9.53 Å². The largest absolute Gasteiger partial charge is 0.422 e. The highest BCUT2D eigenvalue weighted by molar-refractivity contribution is 6.21. The quantitative estimate of drug-likeness (QED) is 0.421. The topological polar surface area (TPSA) is 26.3 Å². The van der Waals surface area contributed by atoms with Crippen LogP contribution in [0.5, 0.6) is 5.75 Å². The third-order valence-corrected chi connectivity index (χ3v) is 4.60. The Morgan fingerprint density at radius 3 is 2.67 bits per heavy atom. The van der Waals surface area contributed by atoms with Crippen molar-refractivity contribution in [3.63, 3.8) is 0 Å². The van der Waals surface area contributed by atoms with Crippen molar-refractivity contribution in [3.8, 4) is 5.75 Å². The van der Waals surface area contributed by atoms with Gasteiger partial charge in [-0.15, -0.1) is 0 Å². The number of hydrogen-bond donors (Lipinski definition) is 0. The summed E-state index contributed by atoms with van der Waals surface area (Å²) in [5.74, 6) is 1.18. The minimum absolute atomic E-state index is 0.227. The van der Waals surface area contributed by atoms with E-state index < -0.39 is 0 Å². The van der Waals surface area contributed by atoms with Crippen LogP contribution in [0.4, 0.5) is 0 Å². The second kappa shape index (κ2) is 5.18. The van der Waals surface area contributed by atoms with Crippen LogP contribution in [0.3, 0.4) is 0 Å². The van der Waals surface area contributed by atoms with Crippen molar-refractivity contribution in [1.82, 2.24) is 0 Å². The molecule has 0 saturated heterocycles. The third-order valence-electron chi connectivity index (χ3n) is 4.60. The Bertz CT molecular complexity index is 629. The molecule has 2 heteroatoms. The lowest BCUT2D eigenvalue weighted by Crippen LogP contribution is -2.22. The predicted molar refractivity (Wildman–Crippen MR) is 84.9 cm³/mol. The van der Waals surface area contributed by atoms with Gasteiger partial charge in [-0.25, -0.2) is 4.79 Å². The summed E-state index contributed by atoms with van der Waals surface area (Å²) in [6, 6.07) is 7.63. The summed E-state index contributed by atoms with van der Waals surface area (Å²) in [6.07, 6.45) is 7.64. The predicted octanol–water partition coefficient (Wildman–Crippen LogP) is 4.76. The summed E-state index contributed by atoms with van der Waals surface area (Å²) in [5, 5.41) is 0. The zero-order valence-electron chi connectivity index (χ0n) is 13.0. The first-order chi connectivity index (χ1) is 9.95. The molecule has 0 saturated carbocycles. The number of fused-ring (bicyclic) bond motifs is 1. The first-order valence-corrected chi connectivity index (χ1v) is 7.67. The molecular weight excluding hydrogens is 260 g/mol. The van der Waals surface area contributed by atoms with Crippen LogP contribution in [0.15, 0.2) is 42.0 Å². The van der Waals surface area contributed by atoms with E-state index >= 15 is 0 Å². The van der Waals surface area contributed by atoms with E-state index in [1.807, 2.05) is 30.3 Å². The maximum absolute atomic E-state index is 12.0. The van der Waals surface area contributed by atoms with Gasteiger partial charge in [0.2, 0.25) is 0 Å². The van der Waals surface area contributed by atoms with Crippen molar-refractivity contribution in [2.45, 2.75) is 40.0 Å². The molecule has 110 valence electrons. The van der Waals surface area contributed by atoms with Crippen LogP contribution in [-0.2, 0) is 4.79 Å². The van der Waals surface area contributed by atoms with E-state index in [9.17, 15) is 4.79 Å². The lowest BCUT2D eigenvalue weighted by molar-refractivity contribution is -0.126. The highest BCUT2D eigenvalue weighted by Crippen LogP contribution is 2.39. The fourth-order valence-electron chi connectivity index (χ4n) is 3.14. The van der Waals surface area contributed by atoms with Gasteiger partial charge in [-0.3, -0.25) is 0 Å². The van der Waals surface area contributed by atoms with Gasteiger partial charge in [0.05, 0.1) is 5.57 Å². The van der Waals surface area contributed by atoms with E-state index in [4.69, 9.17) is 4.74 Å². The number of para-hydroxylation sites is 1. The van der Waals surface area contributed by atoms with Crippen molar-refractivity contribution in [3.05, 3.63) is 47.6 Å². The van der Waals surface area contributed by atoms with Crippen LogP contribution in [0, 0.1) is 11.3 Å².